The van der Waals surface area contributed by atoms with Crippen LogP contribution in [0.3, 0.4) is 0 Å². The number of fused-ring (bicyclic) bond motifs is 1. The van der Waals surface area contributed by atoms with E-state index in [1.54, 1.807) is 18.3 Å². The zero-order valence-corrected chi connectivity index (χ0v) is 12.4. The molecule has 1 amide bonds. The molecule has 3 rings (SSSR count). The van der Waals surface area contributed by atoms with E-state index in [0.717, 1.165) is 18.8 Å². The molecule has 110 valence electrons. The molecule has 0 aromatic carbocycles. The lowest BCUT2D eigenvalue weighted by Gasteiger charge is -2.35. The van der Waals surface area contributed by atoms with Crippen LogP contribution in [0.2, 0.25) is 0 Å². The maximum absolute atomic E-state index is 12.7. The fourth-order valence-corrected chi connectivity index (χ4v) is 2.99. The van der Waals surface area contributed by atoms with Crippen molar-refractivity contribution in [2.24, 2.45) is 5.73 Å². The molecule has 21 heavy (non-hydrogen) atoms. The molecule has 1 aliphatic rings. The first kappa shape index (κ1) is 13.8. The number of carbonyl (C=O) groups excluding carboxylic acids is 1. The Hall–Kier alpha value is -2.14. The highest BCUT2D eigenvalue weighted by atomic mass is 16.2. The van der Waals surface area contributed by atoms with Crippen LogP contribution in [0.1, 0.15) is 40.4 Å². The Balaban J connectivity index is 1.89. The summed E-state index contributed by atoms with van der Waals surface area (Å²) in [6.45, 7) is 6.10. The number of amides is 1. The average molecular weight is 284 g/mol. The summed E-state index contributed by atoms with van der Waals surface area (Å²) in [6, 6.07) is 7.84. The summed E-state index contributed by atoms with van der Waals surface area (Å²) in [6.07, 6.45) is 1.65. The van der Waals surface area contributed by atoms with Gasteiger partial charge in [-0.05, 0) is 38.1 Å². The molecule has 0 spiro atoms. The molecule has 1 unspecified atom stereocenters. The minimum Gasteiger partial charge on any atom is -0.345 e. The van der Waals surface area contributed by atoms with Gasteiger partial charge < -0.3 is 15.2 Å². The van der Waals surface area contributed by atoms with E-state index in [1.807, 2.05) is 4.90 Å². The Labute approximate surface area is 124 Å². The lowest BCUT2D eigenvalue weighted by molar-refractivity contribution is 0.0642. The van der Waals surface area contributed by atoms with E-state index < -0.39 is 0 Å². The van der Waals surface area contributed by atoms with E-state index in [9.17, 15) is 4.79 Å². The van der Waals surface area contributed by atoms with Crippen LogP contribution in [0.15, 0.2) is 30.5 Å². The van der Waals surface area contributed by atoms with Crippen molar-refractivity contribution in [3.63, 3.8) is 0 Å². The topological polar surface area (TPSA) is 64.2 Å². The number of nitrogens with two attached hydrogens (primary N) is 1. The first-order valence-electron chi connectivity index (χ1n) is 7.24. The van der Waals surface area contributed by atoms with Gasteiger partial charge >= 0.3 is 0 Å². The molecule has 0 radical (unpaired) electrons. The van der Waals surface area contributed by atoms with Crippen LogP contribution >= 0.6 is 0 Å². The molecule has 5 heteroatoms. The maximum atomic E-state index is 12.7. The quantitative estimate of drug-likeness (QED) is 0.915. The number of rotatable bonds is 2. The Morgan fingerprint density at radius 1 is 1.38 bits per heavy atom. The van der Waals surface area contributed by atoms with Gasteiger partial charge in [-0.15, -0.1) is 0 Å². The van der Waals surface area contributed by atoms with E-state index in [-0.39, 0.29) is 11.9 Å². The predicted octanol–water partition coefficient (Wildman–Crippen LogP) is 1.87. The Kier molecular flexibility index (Phi) is 3.51. The van der Waals surface area contributed by atoms with Crippen molar-refractivity contribution >= 4 is 5.91 Å². The van der Waals surface area contributed by atoms with Crippen molar-refractivity contribution < 1.29 is 4.79 Å². The lowest BCUT2D eigenvalue weighted by Crippen LogP contribution is -2.41. The van der Waals surface area contributed by atoms with Gasteiger partial charge in [0.15, 0.2) is 0 Å². The molecule has 1 atom stereocenters. The summed E-state index contributed by atoms with van der Waals surface area (Å²) in [5.74, 6) is 0.0460. The van der Waals surface area contributed by atoms with Crippen LogP contribution < -0.4 is 5.73 Å². The summed E-state index contributed by atoms with van der Waals surface area (Å²) in [5.41, 5.74) is 9.44. The Bertz CT molecular complexity index is 677. The molecule has 2 aromatic heterocycles. The summed E-state index contributed by atoms with van der Waals surface area (Å²) in [4.78, 5) is 18.8. The van der Waals surface area contributed by atoms with Crippen molar-refractivity contribution in [1.82, 2.24) is 14.5 Å². The van der Waals surface area contributed by atoms with Crippen LogP contribution in [0.25, 0.3) is 0 Å². The van der Waals surface area contributed by atoms with Gasteiger partial charge in [0.25, 0.3) is 5.91 Å². The number of nitrogens with zero attached hydrogens (tertiary/aromatic N) is 3. The highest BCUT2D eigenvalue weighted by molar-refractivity contribution is 5.94. The van der Waals surface area contributed by atoms with E-state index in [0.29, 0.717) is 12.1 Å². The van der Waals surface area contributed by atoms with Gasteiger partial charge in [0, 0.05) is 42.8 Å². The molecular formula is C16H20N4O. The fourth-order valence-electron chi connectivity index (χ4n) is 2.99. The van der Waals surface area contributed by atoms with Crippen molar-refractivity contribution in [3.8, 4) is 0 Å². The number of aromatic nitrogens is 2. The van der Waals surface area contributed by atoms with Gasteiger partial charge in [-0.2, -0.15) is 0 Å². The second-order valence-corrected chi connectivity index (χ2v) is 5.47. The largest absolute Gasteiger partial charge is 0.345 e. The van der Waals surface area contributed by atoms with Gasteiger partial charge in [0.1, 0.15) is 0 Å². The second kappa shape index (κ2) is 5.33. The third-order valence-corrected chi connectivity index (χ3v) is 4.23. The lowest BCUT2D eigenvalue weighted by atomic mass is 10.1. The molecular weight excluding hydrogens is 264 g/mol. The monoisotopic (exact) mass is 284 g/mol. The number of pyridine rings is 1. The predicted molar refractivity (Wildman–Crippen MR) is 80.7 cm³/mol. The van der Waals surface area contributed by atoms with E-state index in [1.165, 1.54) is 11.4 Å². The van der Waals surface area contributed by atoms with Gasteiger partial charge in [-0.25, -0.2) is 0 Å². The second-order valence-electron chi connectivity index (χ2n) is 5.47. The number of aryl methyl sites for hydroxylation is 1. The van der Waals surface area contributed by atoms with Crippen LogP contribution in [-0.4, -0.2) is 26.9 Å². The molecule has 0 saturated heterocycles. The standard InChI is InChI=1S/C16H20N4O/c1-11-3-4-15-12(2)20(8-7-19(11)15)16(21)13-5-6-18-14(9-13)10-17/h3-6,9,12H,7-8,10,17H2,1-2H3. The molecule has 0 bridgehead atoms. The fraction of sp³-hybridized carbons (Fsp3) is 0.375. The van der Waals surface area contributed by atoms with Crippen molar-refractivity contribution in [1.29, 1.82) is 0 Å². The van der Waals surface area contributed by atoms with Crippen LogP contribution in [0, 0.1) is 6.92 Å². The minimum absolute atomic E-state index is 0.0460. The molecule has 0 aliphatic carbocycles. The molecule has 3 heterocycles. The zero-order valence-electron chi connectivity index (χ0n) is 12.4. The summed E-state index contributed by atoms with van der Waals surface area (Å²) in [7, 11) is 0. The van der Waals surface area contributed by atoms with Crippen molar-refractivity contribution in [2.45, 2.75) is 33.0 Å². The van der Waals surface area contributed by atoms with Gasteiger partial charge in [0.05, 0.1) is 11.7 Å². The number of hydrogen-bond acceptors (Lipinski definition) is 3. The van der Waals surface area contributed by atoms with E-state index in [2.05, 4.69) is 35.5 Å². The maximum Gasteiger partial charge on any atom is 0.254 e. The SMILES string of the molecule is Cc1ccc2n1CCN(C(=O)c1ccnc(CN)c1)C2C. The Morgan fingerprint density at radius 3 is 2.95 bits per heavy atom. The van der Waals surface area contributed by atoms with Crippen LogP contribution in [0.4, 0.5) is 0 Å². The van der Waals surface area contributed by atoms with Gasteiger partial charge in [-0.3, -0.25) is 9.78 Å². The molecule has 2 aromatic rings. The third kappa shape index (κ3) is 2.34. The van der Waals surface area contributed by atoms with E-state index >= 15 is 0 Å². The molecule has 2 N–H and O–H groups in total. The summed E-state index contributed by atoms with van der Waals surface area (Å²) < 4.78 is 2.28. The first-order chi connectivity index (χ1) is 10.1. The van der Waals surface area contributed by atoms with E-state index in [4.69, 9.17) is 5.73 Å². The molecule has 0 fully saturated rings. The Morgan fingerprint density at radius 2 is 2.19 bits per heavy atom. The molecule has 1 aliphatic heterocycles. The number of hydrogen-bond donors (Lipinski definition) is 1. The van der Waals surface area contributed by atoms with Crippen molar-refractivity contribution in [3.05, 3.63) is 53.1 Å². The highest BCUT2D eigenvalue weighted by Gasteiger charge is 2.29. The first-order valence-corrected chi connectivity index (χ1v) is 7.24. The molecule has 0 saturated carbocycles. The highest BCUT2D eigenvalue weighted by Crippen LogP contribution is 2.28. The minimum atomic E-state index is 0.0460. The smallest absolute Gasteiger partial charge is 0.254 e. The summed E-state index contributed by atoms with van der Waals surface area (Å²) in [5, 5.41) is 0. The normalized spacial score (nSPS) is 17.7. The third-order valence-electron chi connectivity index (χ3n) is 4.23. The number of carbonyl (C=O) groups is 1. The van der Waals surface area contributed by atoms with Crippen LogP contribution in [-0.2, 0) is 13.1 Å². The zero-order chi connectivity index (χ0) is 15.0. The van der Waals surface area contributed by atoms with Crippen molar-refractivity contribution in [2.75, 3.05) is 6.54 Å². The average Bonchev–Trinajstić information content (AvgIpc) is 2.89. The van der Waals surface area contributed by atoms with Gasteiger partial charge in [-0.1, -0.05) is 0 Å². The van der Waals surface area contributed by atoms with Crippen LogP contribution in [0.5, 0.6) is 0 Å². The molecule has 5 nitrogen and oxygen atoms in total. The summed E-state index contributed by atoms with van der Waals surface area (Å²) >= 11 is 0. The van der Waals surface area contributed by atoms with Gasteiger partial charge in [0.2, 0.25) is 0 Å².